The Morgan fingerprint density at radius 2 is 1.97 bits per heavy atom. The third-order valence-corrected chi connectivity index (χ3v) is 7.39. The fourth-order valence-corrected chi connectivity index (χ4v) is 5.05. The van der Waals surface area contributed by atoms with E-state index in [2.05, 4.69) is 20.9 Å². The summed E-state index contributed by atoms with van der Waals surface area (Å²) in [5, 5.41) is 12.9. The van der Waals surface area contributed by atoms with Crippen molar-refractivity contribution in [3.63, 3.8) is 0 Å². The summed E-state index contributed by atoms with van der Waals surface area (Å²) >= 11 is 0. The number of carbonyl (C=O) groups is 4. The monoisotopic (exact) mass is 522 g/mol. The van der Waals surface area contributed by atoms with E-state index in [1.807, 2.05) is 0 Å². The van der Waals surface area contributed by atoms with E-state index in [1.54, 1.807) is 30.3 Å². The molecule has 0 spiro atoms. The zero-order valence-electron chi connectivity index (χ0n) is 19.7. The molecule has 0 radical (unpaired) electrons. The van der Waals surface area contributed by atoms with Crippen LogP contribution in [0, 0.1) is 0 Å². The molecule has 1 fully saturated rings. The maximum atomic E-state index is 12.9. The molecule has 1 unspecified atom stereocenters. The van der Waals surface area contributed by atoms with Crippen molar-refractivity contribution in [1.82, 2.24) is 30.5 Å². The molecule has 3 heterocycles. The van der Waals surface area contributed by atoms with Crippen LogP contribution in [-0.4, -0.2) is 64.2 Å². The number of hydrogen-bond donors (Lipinski definition) is 2. The van der Waals surface area contributed by atoms with Gasteiger partial charge in [0.05, 0.1) is 16.8 Å². The molecule has 2 aliphatic heterocycles. The average Bonchev–Trinajstić information content (AvgIpc) is 3.47. The lowest BCUT2D eigenvalue weighted by Crippen LogP contribution is -2.52. The molecule has 12 nitrogen and oxygen atoms in total. The van der Waals surface area contributed by atoms with E-state index in [1.165, 1.54) is 27.9 Å². The standard InChI is InChI=1S/C24H22N6O6S/c1-37(35,36)17-4-2-3-14(9-17)11-25-22(32)19-13-30(28-27-19)16-5-6-18-15(10-16)12-29(24(18)34)20-7-8-21(31)26-23(20)33/h2-6,9-10,13,20H,7-8,11-12H2,1H3,(H,25,32)(H,26,31,33). The van der Waals surface area contributed by atoms with Crippen molar-refractivity contribution in [3.8, 4) is 5.69 Å². The van der Waals surface area contributed by atoms with Gasteiger partial charge in [-0.15, -0.1) is 5.10 Å². The van der Waals surface area contributed by atoms with Gasteiger partial charge >= 0.3 is 0 Å². The molecule has 190 valence electrons. The minimum Gasteiger partial charge on any atom is -0.347 e. The first kappa shape index (κ1) is 24.3. The van der Waals surface area contributed by atoms with Gasteiger partial charge in [0.15, 0.2) is 15.5 Å². The number of rotatable bonds is 6. The minimum atomic E-state index is -3.36. The second-order valence-corrected chi connectivity index (χ2v) is 10.9. The Bertz CT molecular complexity index is 1560. The molecule has 0 saturated carbocycles. The average molecular weight is 523 g/mol. The Morgan fingerprint density at radius 1 is 1.16 bits per heavy atom. The Morgan fingerprint density at radius 3 is 2.73 bits per heavy atom. The molecular formula is C24H22N6O6S. The van der Waals surface area contributed by atoms with Crippen LogP contribution in [0.1, 0.15) is 44.8 Å². The lowest BCUT2D eigenvalue weighted by molar-refractivity contribution is -0.136. The molecule has 1 saturated heterocycles. The molecule has 2 aromatic carbocycles. The summed E-state index contributed by atoms with van der Waals surface area (Å²) in [5.41, 5.74) is 2.40. The molecule has 1 atom stereocenters. The Balaban J connectivity index is 1.27. The van der Waals surface area contributed by atoms with E-state index in [0.717, 1.165) is 6.26 Å². The molecule has 0 aliphatic carbocycles. The number of nitrogens with zero attached hydrogens (tertiary/aromatic N) is 4. The van der Waals surface area contributed by atoms with E-state index in [0.29, 0.717) is 22.4 Å². The van der Waals surface area contributed by atoms with Crippen LogP contribution in [0.4, 0.5) is 0 Å². The van der Waals surface area contributed by atoms with Crippen molar-refractivity contribution in [2.75, 3.05) is 6.26 Å². The Labute approximate surface area is 211 Å². The van der Waals surface area contributed by atoms with Gasteiger partial charge < -0.3 is 10.2 Å². The molecule has 13 heteroatoms. The zero-order chi connectivity index (χ0) is 26.3. The summed E-state index contributed by atoms with van der Waals surface area (Å²) in [5.74, 6) is -1.60. The van der Waals surface area contributed by atoms with E-state index < -0.39 is 27.7 Å². The number of imide groups is 1. The SMILES string of the molecule is CS(=O)(=O)c1cccc(CNC(=O)c2cn(-c3ccc4c(c3)CN(C3CCC(=O)NC3=O)C4=O)nn2)c1. The molecule has 1 aromatic heterocycles. The first-order valence-corrected chi connectivity index (χ1v) is 13.3. The zero-order valence-corrected chi connectivity index (χ0v) is 20.5. The minimum absolute atomic E-state index is 0.0565. The summed E-state index contributed by atoms with van der Waals surface area (Å²) in [6, 6.07) is 10.6. The molecule has 2 aliphatic rings. The fourth-order valence-electron chi connectivity index (χ4n) is 4.36. The highest BCUT2D eigenvalue weighted by Crippen LogP contribution is 2.29. The summed E-state index contributed by atoms with van der Waals surface area (Å²) in [4.78, 5) is 50.8. The van der Waals surface area contributed by atoms with E-state index in [-0.39, 0.29) is 48.3 Å². The molecular weight excluding hydrogens is 500 g/mol. The largest absolute Gasteiger partial charge is 0.347 e. The van der Waals surface area contributed by atoms with Crippen LogP contribution in [0.2, 0.25) is 0 Å². The number of piperidine rings is 1. The van der Waals surface area contributed by atoms with Crippen molar-refractivity contribution < 1.29 is 27.6 Å². The smallest absolute Gasteiger partial charge is 0.273 e. The topological polar surface area (TPSA) is 160 Å². The highest BCUT2D eigenvalue weighted by molar-refractivity contribution is 7.90. The van der Waals surface area contributed by atoms with E-state index in [4.69, 9.17) is 0 Å². The van der Waals surface area contributed by atoms with Crippen LogP contribution in [-0.2, 0) is 32.5 Å². The van der Waals surface area contributed by atoms with Gasteiger partial charge in [0, 0.05) is 31.3 Å². The first-order chi connectivity index (χ1) is 17.6. The van der Waals surface area contributed by atoms with Crippen molar-refractivity contribution in [3.05, 3.63) is 71.0 Å². The number of aromatic nitrogens is 3. The van der Waals surface area contributed by atoms with Crippen molar-refractivity contribution >= 4 is 33.5 Å². The normalized spacial score (nSPS) is 17.5. The molecule has 5 rings (SSSR count). The summed E-state index contributed by atoms with van der Waals surface area (Å²) < 4.78 is 24.9. The van der Waals surface area contributed by atoms with Gasteiger partial charge in [0.1, 0.15) is 6.04 Å². The lowest BCUT2D eigenvalue weighted by Gasteiger charge is -2.29. The number of carbonyl (C=O) groups excluding carboxylic acids is 4. The van der Waals surface area contributed by atoms with Gasteiger partial charge in [-0.25, -0.2) is 13.1 Å². The van der Waals surface area contributed by atoms with Gasteiger partial charge in [-0.1, -0.05) is 17.3 Å². The van der Waals surface area contributed by atoms with Crippen molar-refractivity contribution in [2.45, 2.75) is 36.9 Å². The van der Waals surface area contributed by atoms with Gasteiger partial charge in [0.25, 0.3) is 11.8 Å². The van der Waals surface area contributed by atoms with Crippen LogP contribution in [0.5, 0.6) is 0 Å². The van der Waals surface area contributed by atoms with Crippen LogP contribution < -0.4 is 10.6 Å². The molecule has 0 bridgehead atoms. The molecule has 3 aromatic rings. The number of nitrogens with one attached hydrogen (secondary N) is 2. The summed E-state index contributed by atoms with van der Waals surface area (Å²) in [6.45, 7) is 0.315. The fraction of sp³-hybridized carbons (Fsp3) is 0.250. The number of amides is 4. The highest BCUT2D eigenvalue weighted by Gasteiger charge is 2.39. The van der Waals surface area contributed by atoms with Gasteiger partial charge in [0.2, 0.25) is 11.8 Å². The Kier molecular flexibility index (Phi) is 6.07. The summed E-state index contributed by atoms with van der Waals surface area (Å²) in [7, 11) is -3.36. The van der Waals surface area contributed by atoms with Crippen LogP contribution in [0.15, 0.2) is 53.6 Å². The molecule has 37 heavy (non-hydrogen) atoms. The lowest BCUT2D eigenvalue weighted by atomic mass is 10.0. The predicted octanol–water partition coefficient (Wildman–Crippen LogP) is 0.362. The van der Waals surface area contributed by atoms with Crippen LogP contribution in [0.25, 0.3) is 5.69 Å². The van der Waals surface area contributed by atoms with E-state index in [9.17, 15) is 27.6 Å². The van der Waals surface area contributed by atoms with Gasteiger partial charge in [-0.2, -0.15) is 0 Å². The second kappa shape index (κ2) is 9.24. The van der Waals surface area contributed by atoms with Gasteiger partial charge in [-0.05, 0) is 47.9 Å². The van der Waals surface area contributed by atoms with Crippen LogP contribution >= 0.6 is 0 Å². The number of sulfone groups is 1. The maximum Gasteiger partial charge on any atom is 0.273 e. The van der Waals surface area contributed by atoms with E-state index >= 15 is 0 Å². The number of benzene rings is 2. The Hall–Kier alpha value is -4.39. The third kappa shape index (κ3) is 4.85. The highest BCUT2D eigenvalue weighted by atomic mass is 32.2. The third-order valence-electron chi connectivity index (χ3n) is 6.28. The number of fused-ring (bicyclic) bond motifs is 1. The van der Waals surface area contributed by atoms with Gasteiger partial charge in [-0.3, -0.25) is 24.5 Å². The van der Waals surface area contributed by atoms with Crippen LogP contribution in [0.3, 0.4) is 0 Å². The first-order valence-electron chi connectivity index (χ1n) is 11.4. The maximum absolute atomic E-state index is 12.9. The quantitative estimate of drug-likeness (QED) is 0.439. The van der Waals surface area contributed by atoms with Crippen molar-refractivity contribution in [2.24, 2.45) is 0 Å². The molecule has 4 amide bonds. The predicted molar refractivity (Wildman–Crippen MR) is 128 cm³/mol. The second-order valence-electron chi connectivity index (χ2n) is 8.89. The number of hydrogen-bond acceptors (Lipinski definition) is 8. The van der Waals surface area contributed by atoms with Crippen molar-refractivity contribution in [1.29, 1.82) is 0 Å². The summed E-state index contributed by atoms with van der Waals surface area (Å²) in [6.07, 6.45) is 3.01. The molecule has 2 N–H and O–H groups in total.